The SMILES string of the molecule is CC(=O)CCC(=O)O.O. The van der Waals surface area contributed by atoms with Gasteiger partial charge in [-0.15, -0.1) is 0 Å². The summed E-state index contributed by atoms with van der Waals surface area (Å²) in [7, 11) is 0. The molecule has 3 N–H and O–H groups in total. The van der Waals surface area contributed by atoms with Gasteiger partial charge in [0.05, 0.1) is 6.42 Å². The van der Waals surface area contributed by atoms with Gasteiger partial charge in [0.15, 0.2) is 0 Å². The van der Waals surface area contributed by atoms with Gasteiger partial charge in [-0.1, -0.05) is 0 Å². The van der Waals surface area contributed by atoms with Crippen molar-refractivity contribution in [3.8, 4) is 0 Å². The van der Waals surface area contributed by atoms with E-state index >= 15 is 0 Å². The Balaban J connectivity index is 0. The summed E-state index contributed by atoms with van der Waals surface area (Å²) in [6, 6.07) is 0. The molecule has 0 aliphatic carbocycles. The Kier molecular flexibility index (Phi) is 6.39. The first-order valence-electron chi connectivity index (χ1n) is 2.34. The van der Waals surface area contributed by atoms with E-state index < -0.39 is 5.97 Å². The van der Waals surface area contributed by atoms with Crippen molar-refractivity contribution in [2.75, 3.05) is 0 Å². The molecule has 0 aliphatic heterocycles. The maximum atomic E-state index is 10.1. The predicted octanol–water partition coefficient (Wildman–Crippen LogP) is -0.385. The maximum Gasteiger partial charge on any atom is 0.303 e. The number of carboxylic acid groups (broad SMARTS) is 1. The summed E-state index contributed by atoms with van der Waals surface area (Å²) in [5.41, 5.74) is 0. The predicted molar refractivity (Wildman–Crippen MR) is 31.2 cm³/mol. The van der Waals surface area contributed by atoms with Gasteiger partial charge in [-0.05, 0) is 6.92 Å². The number of rotatable bonds is 3. The monoisotopic (exact) mass is 134 g/mol. The number of carboxylic acids is 1. The molecule has 0 bridgehead atoms. The fraction of sp³-hybridized carbons (Fsp3) is 0.600. The number of ketones is 1. The zero-order valence-electron chi connectivity index (χ0n) is 5.18. The van der Waals surface area contributed by atoms with Crippen LogP contribution in [-0.4, -0.2) is 22.3 Å². The molecule has 0 heterocycles. The average molecular weight is 134 g/mol. The quantitative estimate of drug-likeness (QED) is 0.570. The van der Waals surface area contributed by atoms with Gasteiger partial charge in [-0.25, -0.2) is 0 Å². The van der Waals surface area contributed by atoms with Crippen LogP contribution < -0.4 is 0 Å². The van der Waals surface area contributed by atoms with Gasteiger partial charge in [0.1, 0.15) is 5.78 Å². The molecule has 0 fully saturated rings. The van der Waals surface area contributed by atoms with E-state index in [1.54, 1.807) is 0 Å². The highest BCUT2D eigenvalue weighted by Crippen LogP contribution is 1.87. The van der Waals surface area contributed by atoms with Crippen LogP contribution in [0.3, 0.4) is 0 Å². The zero-order valence-corrected chi connectivity index (χ0v) is 5.18. The normalized spacial score (nSPS) is 7.67. The van der Waals surface area contributed by atoms with Crippen LogP contribution in [0.5, 0.6) is 0 Å². The van der Waals surface area contributed by atoms with Crippen LogP contribution in [-0.2, 0) is 9.59 Å². The molecule has 0 unspecified atom stereocenters. The summed E-state index contributed by atoms with van der Waals surface area (Å²) < 4.78 is 0. The topological polar surface area (TPSA) is 85.9 Å². The second kappa shape index (κ2) is 5.24. The molecule has 4 heteroatoms. The van der Waals surface area contributed by atoms with E-state index in [1.165, 1.54) is 6.92 Å². The van der Waals surface area contributed by atoms with E-state index in [-0.39, 0.29) is 24.1 Å². The third kappa shape index (κ3) is 11.0. The summed E-state index contributed by atoms with van der Waals surface area (Å²) in [6.45, 7) is 1.38. The Hall–Kier alpha value is -0.900. The van der Waals surface area contributed by atoms with Crippen LogP contribution in [0.2, 0.25) is 0 Å². The molecule has 4 nitrogen and oxygen atoms in total. The molecule has 0 radical (unpaired) electrons. The highest BCUT2D eigenvalue weighted by atomic mass is 16.4. The molecule has 0 aromatic heterocycles. The lowest BCUT2D eigenvalue weighted by Crippen LogP contribution is -1.98. The average Bonchev–Trinajstić information content (AvgIpc) is 1.61. The van der Waals surface area contributed by atoms with E-state index in [0.717, 1.165) is 0 Å². The summed E-state index contributed by atoms with van der Waals surface area (Å²) in [4.78, 5) is 19.8. The minimum Gasteiger partial charge on any atom is -0.481 e. The van der Waals surface area contributed by atoms with Crippen LogP contribution in [0.15, 0.2) is 0 Å². The Bertz CT molecular complexity index is 93.5. The number of carbonyl (C=O) groups is 2. The summed E-state index contributed by atoms with van der Waals surface area (Å²) in [5.74, 6) is -0.993. The van der Waals surface area contributed by atoms with Gasteiger partial charge >= 0.3 is 5.97 Å². The van der Waals surface area contributed by atoms with Crippen molar-refractivity contribution in [3.05, 3.63) is 0 Å². The molecule has 0 saturated carbocycles. The van der Waals surface area contributed by atoms with Gasteiger partial charge in [0.25, 0.3) is 0 Å². The van der Waals surface area contributed by atoms with E-state index in [0.29, 0.717) is 0 Å². The van der Waals surface area contributed by atoms with Crippen molar-refractivity contribution in [2.24, 2.45) is 0 Å². The van der Waals surface area contributed by atoms with Gasteiger partial charge in [0.2, 0.25) is 0 Å². The largest absolute Gasteiger partial charge is 0.481 e. The molecule has 9 heavy (non-hydrogen) atoms. The van der Waals surface area contributed by atoms with Crippen LogP contribution in [0.1, 0.15) is 19.8 Å². The molecule has 0 aromatic rings. The molecule has 0 saturated heterocycles. The fourth-order valence-electron chi connectivity index (χ4n) is 0.283. The molecule has 54 valence electrons. The smallest absolute Gasteiger partial charge is 0.303 e. The molecular weight excluding hydrogens is 124 g/mol. The standard InChI is InChI=1S/C5H8O3.H2O/c1-4(6)2-3-5(7)8;/h2-3H2,1H3,(H,7,8);1H2. The van der Waals surface area contributed by atoms with E-state index in [4.69, 9.17) is 5.11 Å². The summed E-state index contributed by atoms with van der Waals surface area (Å²) in [6.07, 6.45) is 0.102. The number of carbonyl (C=O) groups excluding carboxylic acids is 1. The highest BCUT2D eigenvalue weighted by molar-refractivity contribution is 5.80. The van der Waals surface area contributed by atoms with Crippen molar-refractivity contribution < 1.29 is 20.2 Å². The first-order chi connectivity index (χ1) is 3.63. The molecule has 0 aliphatic rings. The minimum atomic E-state index is -0.916. The molecular formula is C5H10O4. The number of Topliss-reactive ketones (excluding diaryl/α,β-unsaturated/α-hetero) is 1. The van der Waals surface area contributed by atoms with Gasteiger partial charge in [-0.3, -0.25) is 4.79 Å². The first kappa shape index (κ1) is 11.0. The van der Waals surface area contributed by atoms with Crippen molar-refractivity contribution in [1.82, 2.24) is 0 Å². The molecule has 0 spiro atoms. The number of aliphatic carboxylic acids is 1. The number of hydrogen-bond donors (Lipinski definition) is 1. The molecule has 0 atom stereocenters. The van der Waals surface area contributed by atoms with Crippen LogP contribution >= 0.6 is 0 Å². The van der Waals surface area contributed by atoms with E-state index in [1.807, 2.05) is 0 Å². The van der Waals surface area contributed by atoms with Crippen LogP contribution in [0.4, 0.5) is 0 Å². The Labute approximate surface area is 52.8 Å². The lowest BCUT2D eigenvalue weighted by atomic mass is 10.2. The third-order valence-electron chi connectivity index (χ3n) is 0.691. The van der Waals surface area contributed by atoms with Gasteiger partial charge in [0, 0.05) is 6.42 Å². The summed E-state index contributed by atoms with van der Waals surface area (Å²) in [5, 5.41) is 8.01. The van der Waals surface area contributed by atoms with Gasteiger partial charge in [-0.2, -0.15) is 0 Å². The maximum absolute atomic E-state index is 10.1. The lowest BCUT2D eigenvalue weighted by molar-refractivity contribution is -0.138. The van der Waals surface area contributed by atoms with Crippen molar-refractivity contribution >= 4 is 11.8 Å². The molecule has 0 aromatic carbocycles. The van der Waals surface area contributed by atoms with E-state index in [9.17, 15) is 9.59 Å². The Morgan fingerprint density at radius 1 is 1.33 bits per heavy atom. The fourth-order valence-corrected chi connectivity index (χ4v) is 0.283. The first-order valence-corrected chi connectivity index (χ1v) is 2.34. The highest BCUT2D eigenvalue weighted by Gasteiger charge is 1.97. The summed E-state index contributed by atoms with van der Waals surface area (Å²) >= 11 is 0. The zero-order chi connectivity index (χ0) is 6.57. The second-order valence-corrected chi connectivity index (χ2v) is 1.60. The van der Waals surface area contributed by atoms with Crippen molar-refractivity contribution in [3.63, 3.8) is 0 Å². The van der Waals surface area contributed by atoms with Gasteiger partial charge < -0.3 is 15.4 Å². The van der Waals surface area contributed by atoms with E-state index in [2.05, 4.69) is 0 Å². The lowest BCUT2D eigenvalue weighted by Gasteiger charge is -1.86. The minimum absolute atomic E-state index is 0. The van der Waals surface area contributed by atoms with Crippen molar-refractivity contribution in [2.45, 2.75) is 19.8 Å². The molecule has 0 amide bonds. The van der Waals surface area contributed by atoms with Crippen LogP contribution in [0.25, 0.3) is 0 Å². The third-order valence-corrected chi connectivity index (χ3v) is 0.691. The van der Waals surface area contributed by atoms with Crippen LogP contribution in [0, 0.1) is 0 Å². The van der Waals surface area contributed by atoms with Crippen molar-refractivity contribution in [1.29, 1.82) is 0 Å². The Morgan fingerprint density at radius 3 is 1.89 bits per heavy atom. The Morgan fingerprint density at radius 2 is 1.78 bits per heavy atom. The number of hydrogen-bond acceptors (Lipinski definition) is 2. The second-order valence-electron chi connectivity index (χ2n) is 1.60. The molecule has 0 rings (SSSR count).